The largest absolute Gasteiger partial charge is 0.370 e. The predicted octanol–water partition coefficient (Wildman–Crippen LogP) is 3.23. The van der Waals surface area contributed by atoms with E-state index in [2.05, 4.69) is 47.0 Å². The number of piperidine rings is 1. The number of nitrogens with zero attached hydrogens (tertiary/aromatic N) is 3. The summed E-state index contributed by atoms with van der Waals surface area (Å²) in [5.41, 5.74) is 0. The van der Waals surface area contributed by atoms with E-state index in [1.807, 2.05) is 6.92 Å². The molecule has 0 aromatic carbocycles. The molecule has 0 aliphatic carbocycles. The van der Waals surface area contributed by atoms with E-state index in [4.69, 9.17) is 0 Å². The molecule has 0 spiro atoms. The number of nitrogens with one attached hydrogen (secondary N) is 1. The lowest BCUT2D eigenvalue weighted by atomic mass is 9.95. The highest BCUT2D eigenvalue weighted by Gasteiger charge is 2.24. The second-order valence-electron chi connectivity index (χ2n) is 5.77. The Morgan fingerprint density at radius 1 is 1.32 bits per heavy atom. The molecule has 1 aliphatic rings. The Kier molecular flexibility index (Phi) is 4.61. The van der Waals surface area contributed by atoms with Crippen LogP contribution in [0.2, 0.25) is 0 Å². The number of hydrogen-bond donors (Lipinski definition) is 1. The van der Waals surface area contributed by atoms with E-state index in [9.17, 15) is 0 Å². The van der Waals surface area contributed by atoms with E-state index in [1.54, 1.807) is 0 Å². The van der Waals surface area contributed by atoms with Gasteiger partial charge in [-0.25, -0.2) is 9.97 Å². The lowest BCUT2D eigenvalue weighted by molar-refractivity contribution is 0.388. The average molecular weight is 262 g/mol. The molecule has 0 saturated carbocycles. The molecule has 0 bridgehead atoms. The minimum absolute atomic E-state index is 0.574. The van der Waals surface area contributed by atoms with Crippen molar-refractivity contribution in [2.24, 2.45) is 5.92 Å². The first-order valence-electron chi connectivity index (χ1n) is 7.46. The van der Waals surface area contributed by atoms with Crippen molar-refractivity contribution in [1.29, 1.82) is 0 Å². The molecule has 1 N–H and O–H groups in total. The molecule has 1 aromatic heterocycles. The zero-order valence-corrected chi connectivity index (χ0v) is 12.6. The molecule has 106 valence electrons. The Bertz CT molecular complexity index is 419. The quantitative estimate of drug-likeness (QED) is 0.904. The molecule has 2 atom stereocenters. The van der Waals surface area contributed by atoms with Crippen molar-refractivity contribution in [1.82, 2.24) is 9.97 Å². The van der Waals surface area contributed by atoms with Crippen LogP contribution >= 0.6 is 0 Å². The molecular formula is C15H26N4. The third-order valence-corrected chi connectivity index (χ3v) is 3.79. The lowest BCUT2D eigenvalue weighted by Crippen LogP contribution is -2.41. The van der Waals surface area contributed by atoms with Crippen molar-refractivity contribution >= 4 is 11.6 Å². The number of anilines is 2. The summed E-state index contributed by atoms with van der Waals surface area (Å²) < 4.78 is 0. The standard InChI is InChI=1S/C15H26N4/c1-5-8-16-14-9-15(18-13(4)17-14)19-10-11(2)6-7-12(19)3/h9,11-12H,5-8,10H2,1-4H3,(H,16,17,18). The third-order valence-electron chi connectivity index (χ3n) is 3.79. The van der Waals surface area contributed by atoms with E-state index < -0.39 is 0 Å². The summed E-state index contributed by atoms with van der Waals surface area (Å²) in [6.07, 6.45) is 3.68. The van der Waals surface area contributed by atoms with Gasteiger partial charge in [-0.05, 0) is 39.0 Å². The molecule has 0 amide bonds. The Hall–Kier alpha value is -1.32. The summed E-state index contributed by atoms with van der Waals surface area (Å²) >= 11 is 0. The van der Waals surface area contributed by atoms with E-state index in [0.29, 0.717) is 6.04 Å². The van der Waals surface area contributed by atoms with Gasteiger partial charge >= 0.3 is 0 Å². The number of hydrogen-bond acceptors (Lipinski definition) is 4. The second kappa shape index (κ2) is 6.22. The van der Waals surface area contributed by atoms with Crippen LogP contribution in [0.3, 0.4) is 0 Å². The summed E-state index contributed by atoms with van der Waals surface area (Å²) in [5.74, 6) is 3.62. The van der Waals surface area contributed by atoms with Crippen molar-refractivity contribution in [2.75, 3.05) is 23.3 Å². The van der Waals surface area contributed by atoms with E-state index in [1.165, 1.54) is 12.8 Å². The average Bonchev–Trinajstić information content (AvgIpc) is 2.38. The molecule has 2 unspecified atom stereocenters. The maximum Gasteiger partial charge on any atom is 0.134 e. The fourth-order valence-corrected chi connectivity index (χ4v) is 2.65. The van der Waals surface area contributed by atoms with Gasteiger partial charge in [0.2, 0.25) is 0 Å². The third kappa shape index (κ3) is 3.58. The van der Waals surface area contributed by atoms with Crippen molar-refractivity contribution in [2.45, 2.75) is 53.0 Å². The molecule has 2 rings (SSSR count). The van der Waals surface area contributed by atoms with Gasteiger partial charge in [0.25, 0.3) is 0 Å². The highest BCUT2D eigenvalue weighted by molar-refractivity contribution is 5.50. The summed E-state index contributed by atoms with van der Waals surface area (Å²) in [6.45, 7) is 10.8. The zero-order chi connectivity index (χ0) is 13.8. The van der Waals surface area contributed by atoms with Gasteiger partial charge in [-0.2, -0.15) is 0 Å². The first-order valence-corrected chi connectivity index (χ1v) is 7.46. The van der Waals surface area contributed by atoms with Crippen LogP contribution in [-0.4, -0.2) is 29.1 Å². The normalized spacial score (nSPS) is 23.5. The van der Waals surface area contributed by atoms with E-state index >= 15 is 0 Å². The van der Waals surface area contributed by atoms with Crippen molar-refractivity contribution in [3.8, 4) is 0 Å². The Labute approximate surface area is 116 Å². The Morgan fingerprint density at radius 3 is 2.84 bits per heavy atom. The molecule has 4 nitrogen and oxygen atoms in total. The first-order chi connectivity index (χ1) is 9.10. The number of aryl methyl sites for hydroxylation is 1. The van der Waals surface area contributed by atoms with Gasteiger partial charge in [-0.3, -0.25) is 0 Å². The minimum atomic E-state index is 0.574. The van der Waals surface area contributed by atoms with Gasteiger partial charge in [0.05, 0.1) is 0 Å². The fraction of sp³-hybridized carbons (Fsp3) is 0.733. The molecular weight excluding hydrogens is 236 g/mol. The summed E-state index contributed by atoms with van der Waals surface area (Å²) in [4.78, 5) is 11.5. The molecule has 4 heteroatoms. The van der Waals surface area contributed by atoms with Crippen LogP contribution in [0, 0.1) is 12.8 Å². The van der Waals surface area contributed by atoms with Gasteiger partial charge in [-0.1, -0.05) is 13.8 Å². The highest BCUT2D eigenvalue weighted by atomic mass is 15.2. The zero-order valence-electron chi connectivity index (χ0n) is 12.6. The number of aromatic nitrogens is 2. The van der Waals surface area contributed by atoms with Crippen LogP contribution in [-0.2, 0) is 0 Å². The first kappa shape index (κ1) is 14.1. The maximum absolute atomic E-state index is 4.63. The smallest absolute Gasteiger partial charge is 0.134 e. The Morgan fingerprint density at radius 2 is 2.11 bits per heavy atom. The molecule has 1 aromatic rings. The SMILES string of the molecule is CCCNc1cc(N2CC(C)CCC2C)nc(C)n1. The topological polar surface area (TPSA) is 41.0 Å². The van der Waals surface area contributed by atoms with Gasteiger partial charge in [-0.15, -0.1) is 0 Å². The summed E-state index contributed by atoms with van der Waals surface area (Å²) in [5, 5.41) is 3.36. The fourth-order valence-electron chi connectivity index (χ4n) is 2.65. The van der Waals surface area contributed by atoms with Gasteiger partial charge in [0.15, 0.2) is 0 Å². The second-order valence-corrected chi connectivity index (χ2v) is 5.77. The van der Waals surface area contributed by atoms with Crippen LogP contribution in [0.5, 0.6) is 0 Å². The van der Waals surface area contributed by atoms with Crippen molar-refractivity contribution in [3.05, 3.63) is 11.9 Å². The minimum Gasteiger partial charge on any atom is -0.370 e. The summed E-state index contributed by atoms with van der Waals surface area (Å²) in [7, 11) is 0. The lowest BCUT2D eigenvalue weighted by Gasteiger charge is -2.37. The van der Waals surface area contributed by atoms with Gasteiger partial charge < -0.3 is 10.2 Å². The molecule has 19 heavy (non-hydrogen) atoms. The Balaban J connectivity index is 2.20. The predicted molar refractivity (Wildman–Crippen MR) is 80.8 cm³/mol. The summed E-state index contributed by atoms with van der Waals surface area (Å²) in [6, 6.07) is 2.67. The highest BCUT2D eigenvalue weighted by Crippen LogP contribution is 2.27. The molecule has 1 saturated heterocycles. The monoisotopic (exact) mass is 262 g/mol. The van der Waals surface area contributed by atoms with Gasteiger partial charge in [0.1, 0.15) is 17.5 Å². The van der Waals surface area contributed by atoms with Crippen LogP contribution in [0.4, 0.5) is 11.6 Å². The molecule has 1 fully saturated rings. The van der Waals surface area contributed by atoms with Gasteiger partial charge in [0, 0.05) is 25.2 Å². The van der Waals surface area contributed by atoms with Crippen LogP contribution < -0.4 is 10.2 Å². The molecule has 0 radical (unpaired) electrons. The van der Waals surface area contributed by atoms with Crippen LogP contribution in [0.25, 0.3) is 0 Å². The molecule has 2 heterocycles. The van der Waals surface area contributed by atoms with E-state index in [0.717, 1.165) is 42.9 Å². The molecule has 1 aliphatic heterocycles. The van der Waals surface area contributed by atoms with Crippen molar-refractivity contribution < 1.29 is 0 Å². The maximum atomic E-state index is 4.63. The van der Waals surface area contributed by atoms with Crippen molar-refractivity contribution in [3.63, 3.8) is 0 Å². The number of rotatable bonds is 4. The van der Waals surface area contributed by atoms with Crippen LogP contribution in [0.1, 0.15) is 45.9 Å². The van der Waals surface area contributed by atoms with E-state index in [-0.39, 0.29) is 0 Å². The van der Waals surface area contributed by atoms with Crippen LogP contribution in [0.15, 0.2) is 6.07 Å².